The van der Waals surface area contributed by atoms with Gasteiger partial charge < -0.3 is 28.5 Å². The molecule has 0 bridgehead atoms. The summed E-state index contributed by atoms with van der Waals surface area (Å²) in [6, 6.07) is 5.58. The Labute approximate surface area is 246 Å². The lowest BCUT2D eigenvalue weighted by Gasteiger charge is -2.33. The fourth-order valence-corrected chi connectivity index (χ4v) is 9.40. The van der Waals surface area contributed by atoms with Gasteiger partial charge in [0.15, 0.2) is 5.60 Å². The standard InChI is InChI=1S/C29H40FN5O6Si/c1-19-27(42(3,4)30)24(10-14-33-18-20(12-16-36)31-32-33)41-29(19)22-17-21(34-15-11-25(34)37)8-9-23(22)35(28(29)39)13-6-5-7-26(38)40-2/h8-9,17-19,24,27,36H,5-7,10-16H2,1-4H3/t19-,24+,27-,29+/m0/s1. The Hall–Kier alpha value is -3.16. The SMILES string of the molecule is COC(=O)CCCCN1C(=O)[C@]2(O[C@H](CCn3cc(CCO)nn3)[C@@H]([Si](C)(C)F)[C@@H]2C)c2cc(N3CCC3=O)ccc21. The van der Waals surface area contributed by atoms with E-state index in [0.29, 0.717) is 74.4 Å². The van der Waals surface area contributed by atoms with Crippen molar-refractivity contribution in [2.75, 3.05) is 36.6 Å². The zero-order valence-electron chi connectivity index (χ0n) is 24.7. The number of hydrogen-bond donors (Lipinski definition) is 1. The Bertz CT molecular complexity index is 1350. The molecule has 0 radical (unpaired) electrons. The molecule has 5 rings (SSSR count). The lowest BCUT2D eigenvalue weighted by Crippen LogP contribution is -2.46. The fraction of sp³-hybridized carbons (Fsp3) is 0.621. The summed E-state index contributed by atoms with van der Waals surface area (Å²) in [7, 11) is -1.99. The molecule has 0 saturated carbocycles. The molecule has 2 amide bonds. The summed E-state index contributed by atoms with van der Waals surface area (Å²) >= 11 is 0. The molecule has 1 aromatic carbocycles. The molecular weight excluding hydrogens is 561 g/mol. The lowest BCUT2D eigenvalue weighted by atomic mass is 9.82. The molecule has 2 fully saturated rings. The van der Waals surface area contributed by atoms with Crippen LogP contribution in [-0.2, 0) is 42.4 Å². The molecular formula is C29H40FN5O6Si. The molecule has 42 heavy (non-hydrogen) atoms. The number of aliphatic hydroxyl groups excluding tert-OH is 1. The average molecular weight is 602 g/mol. The third-order valence-corrected chi connectivity index (χ3v) is 11.4. The third kappa shape index (κ3) is 5.37. The highest BCUT2D eigenvalue weighted by Crippen LogP contribution is 2.60. The zero-order valence-corrected chi connectivity index (χ0v) is 25.7. The predicted molar refractivity (Wildman–Crippen MR) is 155 cm³/mol. The minimum Gasteiger partial charge on any atom is -0.469 e. The first-order valence-corrected chi connectivity index (χ1v) is 17.7. The van der Waals surface area contributed by atoms with E-state index < -0.39 is 31.6 Å². The van der Waals surface area contributed by atoms with Gasteiger partial charge >= 0.3 is 5.97 Å². The van der Waals surface area contributed by atoms with E-state index in [1.165, 1.54) is 7.11 Å². The number of carbonyl (C=O) groups is 3. The Balaban J connectivity index is 1.47. The van der Waals surface area contributed by atoms with Gasteiger partial charge in [-0.1, -0.05) is 12.1 Å². The number of halogens is 1. The van der Waals surface area contributed by atoms with E-state index in [9.17, 15) is 19.5 Å². The van der Waals surface area contributed by atoms with E-state index >= 15 is 4.11 Å². The van der Waals surface area contributed by atoms with Crippen molar-refractivity contribution in [2.45, 2.75) is 82.3 Å². The molecule has 3 aliphatic rings. The summed E-state index contributed by atoms with van der Waals surface area (Å²) in [5.74, 6) is -0.960. The molecule has 0 aliphatic carbocycles. The van der Waals surface area contributed by atoms with Crippen molar-refractivity contribution in [3.63, 3.8) is 0 Å². The molecule has 2 saturated heterocycles. The number of hydrogen-bond acceptors (Lipinski definition) is 8. The second kappa shape index (κ2) is 11.8. The first-order valence-electron chi connectivity index (χ1n) is 14.7. The summed E-state index contributed by atoms with van der Waals surface area (Å²) in [5, 5.41) is 17.4. The van der Waals surface area contributed by atoms with Crippen LogP contribution in [0.5, 0.6) is 0 Å². The van der Waals surface area contributed by atoms with Crippen LogP contribution in [0.2, 0.25) is 18.6 Å². The van der Waals surface area contributed by atoms with Crippen LogP contribution in [0.15, 0.2) is 24.4 Å². The average Bonchev–Trinajstić information content (AvgIpc) is 3.58. The molecule has 4 heterocycles. The number of benzene rings is 1. The Morgan fingerprint density at radius 2 is 2.05 bits per heavy atom. The molecule has 1 spiro atoms. The van der Waals surface area contributed by atoms with E-state index in [4.69, 9.17) is 9.47 Å². The molecule has 4 atom stereocenters. The van der Waals surface area contributed by atoms with Crippen LogP contribution in [0, 0.1) is 5.92 Å². The van der Waals surface area contributed by atoms with Gasteiger partial charge in [-0.2, -0.15) is 0 Å². The Morgan fingerprint density at radius 1 is 1.26 bits per heavy atom. The predicted octanol–water partition coefficient (Wildman–Crippen LogP) is 3.10. The van der Waals surface area contributed by atoms with Crippen LogP contribution >= 0.6 is 0 Å². The fourth-order valence-electron chi connectivity index (χ4n) is 6.86. The summed E-state index contributed by atoms with van der Waals surface area (Å²) in [6.07, 6.45) is 3.93. The number of nitrogens with zero attached hydrogens (tertiary/aromatic N) is 5. The summed E-state index contributed by atoms with van der Waals surface area (Å²) in [4.78, 5) is 41.8. The number of carbonyl (C=O) groups excluding carboxylic acids is 3. The lowest BCUT2D eigenvalue weighted by molar-refractivity contribution is -0.146. The molecule has 11 nitrogen and oxygen atoms in total. The van der Waals surface area contributed by atoms with Gasteiger partial charge in [0.1, 0.15) is 0 Å². The minimum atomic E-state index is -3.34. The molecule has 13 heteroatoms. The van der Waals surface area contributed by atoms with E-state index in [2.05, 4.69) is 10.3 Å². The van der Waals surface area contributed by atoms with Gasteiger partial charge in [0, 0.05) is 74.4 Å². The number of ether oxygens (including phenoxy) is 2. The zero-order chi connectivity index (χ0) is 30.2. The number of methoxy groups -OCH3 is 1. The van der Waals surface area contributed by atoms with E-state index in [0.717, 1.165) is 0 Å². The highest BCUT2D eigenvalue weighted by molar-refractivity contribution is 6.72. The van der Waals surface area contributed by atoms with E-state index in [1.807, 2.05) is 25.1 Å². The van der Waals surface area contributed by atoms with Gasteiger partial charge in [-0.3, -0.25) is 19.1 Å². The maximum atomic E-state index is 16.1. The number of amides is 2. The second-order valence-electron chi connectivity index (χ2n) is 12.0. The highest BCUT2D eigenvalue weighted by Gasteiger charge is 2.66. The second-order valence-corrected chi connectivity index (χ2v) is 15.8. The van der Waals surface area contributed by atoms with Gasteiger partial charge in [-0.25, -0.2) is 0 Å². The number of aliphatic hydroxyl groups is 1. The van der Waals surface area contributed by atoms with E-state index in [-0.39, 0.29) is 30.8 Å². The first-order chi connectivity index (χ1) is 20.0. The number of esters is 1. The van der Waals surface area contributed by atoms with Gasteiger partial charge in [0.25, 0.3) is 5.91 Å². The van der Waals surface area contributed by atoms with Crippen molar-refractivity contribution in [3.05, 3.63) is 35.7 Å². The smallest absolute Gasteiger partial charge is 0.305 e. The molecule has 0 unspecified atom stereocenters. The van der Waals surface area contributed by atoms with Crippen LogP contribution in [-0.4, -0.2) is 79.2 Å². The third-order valence-electron chi connectivity index (χ3n) is 8.94. The molecule has 2 aromatic rings. The largest absolute Gasteiger partial charge is 0.469 e. The number of aromatic nitrogens is 3. The van der Waals surface area contributed by atoms with Crippen LogP contribution < -0.4 is 9.80 Å². The monoisotopic (exact) mass is 601 g/mol. The molecule has 3 aliphatic heterocycles. The van der Waals surface area contributed by atoms with Crippen molar-refractivity contribution in [1.29, 1.82) is 0 Å². The number of rotatable bonds is 12. The van der Waals surface area contributed by atoms with Crippen LogP contribution in [0.1, 0.15) is 50.3 Å². The first kappa shape index (κ1) is 30.3. The van der Waals surface area contributed by atoms with Crippen LogP contribution in [0.3, 0.4) is 0 Å². The molecule has 1 aromatic heterocycles. The number of aryl methyl sites for hydroxylation is 1. The van der Waals surface area contributed by atoms with Crippen LogP contribution in [0.25, 0.3) is 0 Å². The highest BCUT2D eigenvalue weighted by atomic mass is 28.4. The number of β-lactam (4-membered cyclic amide) rings is 1. The van der Waals surface area contributed by atoms with Crippen molar-refractivity contribution >= 4 is 37.6 Å². The van der Waals surface area contributed by atoms with Gasteiger partial charge in [0.05, 0.1) is 24.6 Å². The number of fused-ring (bicyclic) bond motifs is 2. The quantitative estimate of drug-likeness (QED) is 0.129. The Morgan fingerprint density at radius 3 is 2.69 bits per heavy atom. The maximum absolute atomic E-state index is 16.1. The van der Waals surface area contributed by atoms with Crippen molar-refractivity contribution < 1.29 is 33.1 Å². The maximum Gasteiger partial charge on any atom is 0.305 e. The summed E-state index contributed by atoms with van der Waals surface area (Å²) in [6.45, 7) is 6.63. The topological polar surface area (TPSA) is 127 Å². The summed E-state index contributed by atoms with van der Waals surface area (Å²) in [5.41, 5.74) is 0.880. The Kier molecular flexibility index (Phi) is 8.55. The van der Waals surface area contributed by atoms with Crippen molar-refractivity contribution in [1.82, 2.24) is 15.0 Å². The van der Waals surface area contributed by atoms with Crippen molar-refractivity contribution in [2.24, 2.45) is 5.92 Å². The van der Waals surface area contributed by atoms with Crippen LogP contribution in [0.4, 0.5) is 15.5 Å². The van der Waals surface area contributed by atoms with Gasteiger partial charge in [-0.05, 0) is 50.6 Å². The number of anilines is 2. The molecule has 228 valence electrons. The normalized spacial score (nSPS) is 25.3. The van der Waals surface area contributed by atoms with Gasteiger partial charge in [0.2, 0.25) is 14.3 Å². The minimum absolute atomic E-state index is 0.0230. The molecule has 1 N–H and O–H groups in total. The van der Waals surface area contributed by atoms with Crippen molar-refractivity contribution in [3.8, 4) is 0 Å². The summed E-state index contributed by atoms with van der Waals surface area (Å²) < 4.78 is 29.3. The van der Waals surface area contributed by atoms with Gasteiger partial charge in [-0.15, -0.1) is 5.10 Å². The number of unbranched alkanes of at least 4 members (excludes halogenated alkanes) is 1. The van der Waals surface area contributed by atoms with E-state index in [1.54, 1.807) is 33.8 Å².